The Morgan fingerprint density at radius 3 is 2.63 bits per heavy atom. The molecule has 1 aliphatic rings. The number of nitrogens with zero attached hydrogens (tertiary/aromatic N) is 6. The minimum Gasteiger partial charge on any atom is -0.353 e. The van der Waals surface area contributed by atoms with Gasteiger partial charge in [0.1, 0.15) is 23.6 Å². The number of aromatic amines is 1. The van der Waals surface area contributed by atoms with Crippen molar-refractivity contribution >= 4 is 39.5 Å². The molecule has 4 aromatic heterocycles. The number of carbonyl (C=O) groups is 1. The summed E-state index contributed by atoms with van der Waals surface area (Å²) >= 11 is 0. The van der Waals surface area contributed by atoms with Gasteiger partial charge in [0, 0.05) is 66.7 Å². The van der Waals surface area contributed by atoms with Gasteiger partial charge in [-0.2, -0.15) is 0 Å². The summed E-state index contributed by atoms with van der Waals surface area (Å²) in [5.74, 6) is 1.23. The van der Waals surface area contributed by atoms with Gasteiger partial charge in [-0.25, -0.2) is 15.0 Å². The third-order valence-corrected chi connectivity index (χ3v) is 6.45. The number of rotatable bonds is 4. The lowest BCUT2D eigenvalue weighted by Crippen LogP contribution is -2.44. The first-order valence-electron chi connectivity index (χ1n) is 11.5. The maximum atomic E-state index is 12.5. The second-order valence-electron chi connectivity index (χ2n) is 8.70. The summed E-state index contributed by atoms with van der Waals surface area (Å²) in [5, 5.41) is 4.86. The summed E-state index contributed by atoms with van der Waals surface area (Å²) in [6.07, 6.45) is 6.78. The van der Waals surface area contributed by atoms with Gasteiger partial charge in [-0.3, -0.25) is 9.78 Å². The molecule has 9 heteroatoms. The Kier molecular flexibility index (Phi) is 5.31. The van der Waals surface area contributed by atoms with Crippen molar-refractivity contribution in [3.05, 3.63) is 72.9 Å². The van der Waals surface area contributed by atoms with Crippen LogP contribution in [0.3, 0.4) is 0 Å². The number of benzene rings is 1. The van der Waals surface area contributed by atoms with Crippen LogP contribution < -0.4 is 10.2 Å². The molecule has 0 bridgehead atoms. The van der Waals surface area contributed by atoms with Gasteiger partial charge in [0.05, 0.1) is 5.52 Å². The Hall–Kier alpha value is -4.37. The van der Waals surface area contributed by atoms with Crippen LogP contribution in [0, 0.1) is 0 Å². The number of anilines is 2. The van der Waals surface area contributed by atoms with E-state index in [2.05, 4.69) is 59.2 Å². The quantitative estimate of drug-likeness (QED) is 0.419. The number of fused-ring (bicyclic) bond motifs is 2. The molecule has 0 radical (unpaired) electrons. The van der Waals surface area contributed by atoms with E-state index in [1.54, 1.807) is 30.9 Å². The van der Waals surface area contributed by atoms with Crippen LogP contribution in [-0.4, -0.2) is 69.0 Å². The number of amides is 1. The Labute approximate surface area is 201 Å². The zero-order chi connectivity index (χ0) is 23.8. The molecule has 2 N–H and O–H groups in total. The molecule has 1 fully saturated rings. The largest absolute Gasteiger partial charge is 0.353 e. The number of aromatic nitrogens is 5. The number of hydrogen-bond acceptors (Lipinski definition) is 7. The molecule has 9 nitrogen and oxygen atoms in total. The molecule has 0 spiro atoms. The lowest BCUT2D eigenvalue weighted by molar-refractivity contribution is 0.102. The van der Waals surface area contributed by atoms with Crippen LogP contribution in [0.1, 0.15) is 10.4 Å². The lowest BCUT2D eigenvalue weighted by atomic mass is 10.0. The van der Waals surface area contributed by atoms with Crippen molar-refractivity contribution in [3.8, 4) is 11.1 Å². The average Bonchev–Trinajstić information content (AvgIpc) is 3.32. The lowest BCUT2D eigenvalue weighted by Gasteiger charge is -2.33. The minimum atomic E-state index is -0.225. The van der Waals surface area contributed by atoms with E-state index in [0.29, 0.717) is 17.0 Å². The van der Waals surface area contributed by atoms with E-state index in [9.17, 15) is 4.79 Å². The molecule has 5 aromatic rings. The fourth-order valence-electron chi connectivity index (χ4n) is 4.49. The molecule has 0 unspecified atom stereocenters. The Morgan fingerprint density at radius 2 is 1.80 bits per heavy atom. The van der Waals surface area contributed by atoms with E-state index >= 15 is 0 Å². The zero-order valence-corrected chi connectivity index (χ0v) is 19.3. The molecule has 1 saturated heterocycles. The van der Waals surface area contributed by atoms with Crippen LogP contribution >= 0.6 is 0 Å². The highest BCUT2D eigenvalue weighted by Crippen LogP contribution is 2.33. The highest BCUT2D eigenvalue weighted by Gasteiger charge is 2.19. The van der Waals surface area contributed by atoms with Crippen LogP contribution in [0.5, 0.6) is 0 Å². The van der Waals surface area contributed by atoms with E-state index in [1.165, 1.54) is 0 Å². The van der Waals surface area contributed by atoms with E-state index in [-0.39, 0.29) is 5.91 Å². The van der Waals surface area contributed by atoms with Crippen molar-refractivity contribution in [1.29, 1.82) is 0 Å². The maximum absolute atomic E-state index is 12.5. The van der Waals surface area contributed by atoms with Gasteiger partial charge in [-0.1, -0.05) is 6.07 Å². The molecule has 1 amide bonds. The summed E-state index contributed by atoms with van der Waals surface area (Å²) in [5.41, 5.74) is 4.26. The molecular weight excluding hydrogens is 440 g/mol. The molecule has 0 atom stereocenters. The first-order valence-corrected chi connectivity index (χ1v) is 11.5. The first-order chi connectivity index (χ1) is 17.2. The standard InChI is InChI=1S/C26H24N8O/c1-33-10-12-34(13-11-33)25-20-14-18(2-4-22(20)29-16-30-25)21-15-28-24-19(21)3-5-23(31-24)32-26(35)17-6-8-27-9-7-17/h2-9,14-16H,10-13H2,1H3,(H2,28,31,32,35). The summed E-state index contributed by atoms with van der Waals surface area (Å²) in [4.78, 5) is 38.1. The van der Waals surface area contributed by atoms with Gasteiger partial charge in [0.25, 0.3) is 5.91 Å². The van der Waals surface area contributed by atoms with Crippen LogP contribution in [0.15, 0.2) is 67.4 Å². The molecule has 5 heterocycles. The summed E-state index contributed by atoms with van der Waals surface area (Å²) in [6, 6.07) is 13.4. The Morgan fingerprint density at radius 1 is 0.971 bits per heavy atom. The van der Waals surface area contributed by atoms with Gasteiger partial charge >= 0.3 is 0 Å². The summed E-state index contributed by atoms with van der Waals surface area (Å²) < 4.78 is 0. The van der Waals surface area contributed by atoms with Gasteiger partial charge in [0.2, 0.25) is 0 Å². The van der Waals surface area contributed by atoms with Crippen molar-refractivity contribution in [1.82, 2.24) is 29.8 Å². The van der Waals surface area contributed by atoms with E-state index in [0.717, 1.165) is 59.4 Å². The molecule has 174 valence electrons. The second kappa shape index (κ2) is 8.77. The zero-order valence-electron chi connectivity index (χ0n) is 19.3. The molecule has 1 aliphatic heterocycles. The fourth-order valence-corrected chi connectivity index (χ4v) is 4.49. The smallest absolute Gasteiger partial charge is 0.256 e. The summed E-state index contributed by atoms with van der Waals surface area (Å²) in [7, 11) is 2.15. The average molecular weight is 465 g/mol. The van der Waals surface area contributed by atoms with Gasteiger partial charge < -0.3 is 20.1 Å². The monoisotopic (exact) mass is 464 g/mol. The van der Waals surface area contributed by atoms with Gasteiger partial charge in [-0.05, 0) is 49.0 Å². The Bertz CT molecular complexity index is 1520. The van der Waals surface area contributed by atoms with Gasteiger partial charge in [0.15, 0.2) is 0 Å². The number of carbonyl (C=O) groups excluding carboxylic acids is 1. The number of piperazine rings is 1. The molecule has 6 rings (SSSR count). The number of pyridine rings is 2. The van der Waals surface area contributed by atoms with Crippen LogP contribution in [0.25, 0.3) is 33.1 Å². The topological polar surface area (TPSA) is 103 Å². The minimum absolute atomic E-state index is 0.225. The SMILES string of the molecule is CN1CCN(c2ncnc3ccc(-c4c[nH]c5nc(NC(=O)c6ccncc6)ccc45)cc23)CC1. The fraction of sp³-hybridized carbons (Fsp3) is 0.192. The highest BCUT2D eigenvalue weighted by molar-refractivity contribution is 6.04. The number of likely N-dealkylation sites (N-methyl/N-ethyl adjacent to an activating group) is 1. The summed E-state index contributed by atoms with van der Waals surface area (Å²) in [6.45, 7) is 3.91. The van der Waals surface area contributed by atoms with E-state index in [1.807, 2.05) is 24.4 Å². The third kappa shape index (κ3) is 4.06. The van der Waals surface area contributed by atoms with Crippen molar-refractivity contribution in [2.45, 2.75) is 0 Å². The molecule has 1 aromatic carbocycles. The predicted octanol–water partition coefficient (Wildman–Crippen LogP) is 3.57. The number of H-pyrrole nitrogens is 1. The van der Waals surface area contributed by atoms with E-state index < -0.39 is 0 Å². The Balaban J connectivity index is 1.33. The molecular formula is C26H24N8O. The number of hydrogen-bond donors (Lipinski definition) is 2. The second-order valence-corrected chi connectivity index (χ2v) is 8.70. The van der Waals surface area contributed by atoms with Crippen molar-refractivity contribution in [2.75, 3.05) is 43.4 Å². The first kappa shape index (κ1) is 21.2. The van der Waals surface area contributed by atoms with Crippen LogP contribution in [-0.2, 0) is 0 Å². The molecule has 0 aliphatic carbocycles. The van der Waals surface area contributed by atoms with Crippen LogP contribution in [0.4, 0.5) is 11.6 Å². The van der Waals surface area contributed by atoms with Crippen LogP contribution in [0.2, 0.25) is 0 Å². The third-order valence-electron chi connectivity index (χ3n) is 6.45. The predicted molar refractivity (Wildman–Crippen MR) is 137 cm³/mol. The normalized spacial score (nSPS) is 14.5. The van der Waals surface area contributed by atoms with Crippen molar-refractivity contribution in [3.63, 3.8) is 0 Å². The maximum Gasteiger partial charge on any atom is 0.256 e. The van der Waals surface area contributed by atoms with Crippen molar-refractivity contribution in [2.24, 2.45) is 0 Å². The molecule has 35 heavy (non-hydrogen) atoms. The number of nitrogens with one attached hydrogen (secondary N) is 2. The highest BCUT2D eigenvalue weighted by atomic mass is 16.1. The van der Waals surface area contributed by atoms with Gasteiger partial charge in [-0.15, -0.1) is 0 Å². The molecule has 0 saturated carbocycles. The van der Waals surface area contributed by atoms with Crippen molar-refractivity contribution < 1.29 is 4.79 Å². The van der Waals surface area contributed by atoms with E-state index in [4.69, 9.17) is 0 Å².